The van der Waals surface area contributed by atoms with Crippen molar-refractivity contribution in [1.29, 1.82) is 0 Å². The standard InChI is InChI=1S/C16H15N3O3/c1-11-6-7-14(17-8-11)18-15(20)9-19-10-16(21)22-13-5-3-2-4-12(13)19/h2-8H,9-10H2,1H3,(H,17,18,20). The molecule has 6 heteroatoms. The summed E-state index contributed by atoms with van der Waals surface area (Å²) >= 11 is 0. The average Bonchev–Trinajstić information content (AvgIpc) is 2.49. The zero-order chi connectivity index (χ0) is 15.5. The molecule has 112 valence electrons. The number of anilines is 2. The van der Waals surface area contributed by atoms with E-state index in [-0.39, 0.29) is 25.0 Å². The number of fused-ring (bicyclic) bond motifs is 1. The first-order chi connectivity index (χ1) is 10.6. The van der Waals surface area contributed by atoms with Crippen LogP contribution in [0.25, 0.3) is 0 Å². The summed E-state index contributed by atoms with van der Waals surface area (Å²) in [5, 5.41) is 2.72. The summed E-state index contributed by atoms with van der Waals surface area (Å²) in [4.78, 5) is 29.6. The van der Waals surface area contributed by atoms with Crippen molar-refractivity contribution < 1.29 is 14.3 Å². The number of aromatic nitrogens is 1. The van der Waals surface area contributed by atoms with Crippen molar-refractivity contribution in [2.75, 3.05) is 23.3 Å². The highest BCUT2D eigenvalue weighted by Crippen LogP contribution is 2.31. The molecule has 22 heavy (non-hydrogen) atoms. The molecular weight excluding hydrogens is 282 g/mol. The number of hydrogen-bond donors (Lipinski definition) is 1. The summed E-state index contributed by atoms with van der Waals surface area (Å²) in [6, 6.07) is 10.8. The topological polar surface area (TPSA) is 71.5 Å². The van der Waals surface area contributed by atoms with Crippen molar-refractivity contribution in [2.45, 2.75) is 6.92 Å². The van der Waals surface area contributed by atoms with Crippen molar-refractivity contribution in [1.82, 2.24) is 4.98 Å². The van der Waals surface area contributed by atoms with E-state index < -0.39 is 0 Å². The van der Waals surface area contributed by atoms with Crippen LogP contribution in [-0.4, -0.2) is 29.9 Å². The summed E-state index contributed by atoms with van der Waals surface area (Å²) in [5.41, 5.74) is 1.75. The van der Waals surface area contributed by atoms with Crippen molar-refractivity contribution in [2.24, 2.45) is 0 Å². The molecule has 0 radical (unpaired) electrons. The minimum Gasteiger partial charge on any atom is -0.423 e. The lowest BCUT2D eigenvalue weighted by atomic mass is 10.2. The Kier molecular flexibility index (Phi) is 3.74. The number of amides is 1. The second-order valence-corrected chi connectivity index (χ2v) is 5.07. The van der Waals surface area contributed by atoms with Gasteiger partial charge < -0.3 is 15.0 Å². The Balaban J connectivity index is 1.71. The number of para-hydroxylation sites is 2. The Morgan fingerprint density at radius 3 is 2.91 bits per heavy atom. The Labute approximate surface area is 127 Å². The molecule has 0 bridgehead atoms. The number of benzene rings is 1. The van der Waals surface area contributed by atoms with E-state index in [0.29, 0.717) is 11.6 Å². The summed E-state index contributed by atoms with van der Waals surface area (Å²) < 4.78 is 5.15. The molecule has 1 aliphatic rings. The largest absolute Gasteiger partial charge is 0.423 e. The van der Waals surface area contributed by atoms with Crippen molar-refractivity contribution in [3.05, 3.63) is 48.2 Å². The fourth-order valence-corrected chi connectivity index (χ4v) is 2.24. The molecule has 1 amide bonds. The van der Waals surface area contributed by atoms with E-state index in [4.69, 9.17) is 4.74 Å². The highest BCUT2D eigenvalue weighted by molar-refractivity contribution is 5.95. The van der Waals surface area contributed by atoms with Crippen LogP contribution >= 0.6 is 0 Å². The lowest BCUT2D eigenvalue weighted by Gasteiger charge is -2.28. The second kappa shape index (κ2) is 5.85. The molecule has 0 unspecified atom stereocenters. The van der Waals surface area contributed by atoms with E-state index in [1.165, 1.54) is 0 Å². The third kappa shape index (κ3) is 3.06. The van der Waals surface area contributed by atoms with Crippen molar-refractivity contribution >= 4 is 23.4 Å². The van der Waals surface area contributed by atoms with Gasteiger partial charge in [0, 0.05) is 6.20 Å². The number of esters is 1. The monoisotopic (exact) mass is 297 g/mol. The van der Waals surface area contributed by atoms with Crippen molar-refractivity contribution in [3.8, 4) is 5.75 Å². The third-order valence-electron chi connectivity index (χ3n) is 3.26. The molecule has 1 aromatic carbocycles. The molecule has 1 aromatic heterocycles. The van der Waals surface area contributed by atoms with Gasteiger partial charge in [-0.25, -0.2) is 9.78 Å². The minimum atomic E-state index is -0.375. The van der Waals surface area contributed by atoms with E-state index in [9.17, 15) is 9.59 Å². The third-order valence-corrected chi connectivity index (χ3v) is 3.26. The van der Waals surface area contributed by atoms with Gasteiger partial charge in [0.1, 0.15) is 12.4 Å². The van der Waals surface area contributed by atoms with Crippen LogP contribution in [-0.2, 0) is 9.59 Å². The van der Waals surface area contributed by atoms with E-state index in [0.717, 1.165) is 11.3 Å². The fourth-order valence-electron chi connectivity index (χ4n) is 2.24. The SMILES string of the molecule is Cc1ccc(NC(=O)CN2CC(=O)Oc3ccccc32)nc1. The van der Waals surface area contributed by atoms with Gasteiger partial charge in [-0.15, -0.1) is 0 Å². The Morgan fingerprint density at radius 2 is 2.14 bits per heavy atom. The number of hydrogen-bond acceptors (Lipinski definition) is 5. The van der Waals surface area contributed by atoms with Crippen LogP contribution in [0.3, 0.4) is 0 Å². The quantitative estimate of drug-likeness (QED) is 0.690. The van der Waals surface area contributed by atoms with Gasteiger partial charge in [0.15, 0.2) is 5.75 Å². The van der Waals surface area contributed by atoms with E-state index in [1.54, 1.807) is 29.3 Å². The summed E-state index contributed by atoms with van der Waals surface area (Å²) in [5.74, 6) is 0.351. The van der Waals surface area contributed by atoms with Gasteiger partial charge in [-0.3, -0.25) is 4.79 Å². The van der Waals surface area contributed by atoms with Crippen LogP contribution in [0.1, 0.15) is 5.56 Å². The molecule has 0 aliphatic carbocycles. The number of nitrogens with one attached hydrogen (secondary N) is 1. The van der Waals surface area contributed by atoms with Gasteiger partial charge in [0.2, 0.25) is 5.91 Å². The van der Waals surface area contributed by atoms with Gasteiger partial charge in [0.05, 0.1) is 12.2 Å². The Hall–Kier alpha value is -2.89. The highest BCUT2D eigenvalue weighted by atomic mass is 16.5. The Bertz CT molecular complexity index is 713. The number of carbonyl (C=O) groups excluding carboxylic acids is 2. The first-order valence-corrected chi connectivity index (χ1v) is 6.89. The van der Waals surface area contributed by atoms with Crippen LogP contribution in [0.15, 0.2) is 42.6 Å². The van der Waals surface area contributed by atoms with Gasteiger partial charge in [-0.2, -0.15) is 0 Å². The fraction of sp³-hybridized carbons (Fsp3) is 0.188. The lowest BCUT2D eigenvalue weighted by molar-refractivity contribution is -0.133. The van der Waals surface area contributed by atoms with Crippen LogP contribution in [0, 0.1) is 6.92 Å². The first kappa shape index (κ1) is 14.1. The highest BCUT2D eigenvalue weighted by Gasteiger charge is 2.25. The zero-order valence-electron chi connectivity index (χ0n) is 12.1. The van der Waals surface area contributed by atoms with Gasteiger partial charge in [-0.1, -0.05) is 18.2 Å². The van der Waals surface area contributed by atoms with E-state index in [2.05, 4.69) is 10.3 Å². The predicted molar refractivity (Wildman–Crippen MR) is 81.9 cm³/mol. The number of carbonyl (C=O) groups is 2. The average molecular weight is 297 g/mol. The molecule has 0 saturated carbocycles. The molecule has 0 saturated heterocycles. The molecule has 0 atom stereocenters. The molecule has 0 spiro atoms. The molecule has 2 heterocycles. The van der Waals surface area contributed by atoms with Crippen LogP contribution in [0.4, 0.5) is 11.5 Å². The summed E-state index contributed by atoms with van der Waals surface area (Å²) in [6.07, 6.45) is 1.68. The maximum atomic E-state index is 12.1. The normalized spacial score (nSPS) is 13.3. The van der Waals surface area contributed by atoms with Crippen LogP contribution in [0.2, 0.25) is 0 Å². The number of aryl methyl sites for hydroxylation is 1. The number of ether oxygens (including phenoxy) is 1. The molecule has 1 N–H and O–H groups in total. The number of rotatable bonds is 3. The summed E-state index contributed by atoms with van der Waals surface area (Å²) in [7, 11) is 0. The summed E-state index contributed by atoms with van der Waals surface area (Å²) in [6.45, 7) is 2.03. The number of nitrogens with zero attached hydrogens (tertiary/aromatic N) is 2. The molecule has 6 nitrogen and oxygen atoms in total. The Morgan fingerprint density at radius 1 is 1.32 bits per heavy atom. The van der Waals surface area contributed by atoms with Gasteiger partial charge in [-0.05, 0) is 30.7 Å². The number of pyridine rings is 1. The smallest absolute Gasteiger partial charge is 0.331 e. The molecular formula is C16H15N3O3. The second-order valence-electron chi connectivity index (χ2n) is 5.07. The minimum absolute atomic E-state index is 0.0474. The first-order valence-electron chi connectivity index (χ1n) is 6.89. The molecule has 0 fully saturated rings. The molecule has 1 aliphatic heterocycles. The van der Waals surface area contributed by atoms with E-state index in [1.807, 2.05) is 25.1 Å². The maximum Gasteiger partial charge on any atom is 0.331 e. The van der Waals surface area contributed by atoms with E-state index >= 15 is 0 Å². The molecule has 3 rings (SSSR count). The zero-order valence-corrected chi connectivity index (χ0v) is 12.1. The lowest BCUT2D eigenvalue weighted by Crippen LogP contribution is -2.41. The molecule has 2 aromatic rings. The van der Waals surface area contributed by atoms with Gasteiger partial charge >= 0.3 is 5.97 Å². The van der Waals surface area contributed by atoms with Gasteiger partial charge in [0.25, 0.3) is 0 Å². The van der Waals surface area contributed by atoms with Crippen molar-refractivity contribution in [3.63, 3.8) is 0 Å². The van der Waals surface area contributed by atoms with Crippen LogP contribution < -0.4 is 15.0 Å². The maximum absolute atomic E-state index is 12.1. The predicted octanol–water partition coefficient (Wildman–Crippen LogP) is 1.75. The van der Waals surface area contributed by atoms with Crippen LogP contribution in [0.5, 0.6) is 5.75 Å².